The van der Waals surface area contributed by atoms with Crippen LogP contribution in [0.5, 0.6) is 5.75 Å². The zero-order chi connectivity index (χ0) is 12.1. The van der Waals surface area contributed by atoms with Crippen molar-refractivity contribution in [2.75, 3.05) is 6.61 Å². The van der Waals surface area contributed by atoms with E-state index in [1.807, 2.05) is 0 Å². The predicted octanol–water partition coefficient (Wildman–Crippen LogP) is 2.10. The van der Waals surface area contributed by atoms with Crippen molar-refractivity contribution in [2.24, 2.45) is 0 Å². The monoisotopic (exact) mass is 242 g/mol. The number of esters is 1. The molecule has 3 nitrogen and oxygen atoms in total. The van der Waals surface area contributed by atoms with E-state index in [0.29, 0.717) is 0 Å². The molecule has 1 aromatic carbocycles. The molecule has 0 atom stereocenters. The maximum absolute atomic E-state index is 13.0. The average Bonchev–Trinajstić information content (AvgIpc) is 2.21. The minimum atomic E-state index is -0.888. The van der Waals surface area contributed by atoms with Crippen LogP contribution in [0.1, 0.15) is 12.5 Å². The Balaban J connectivity index is 3.01. The first kappa shape index (κ1) is 12.3. The van der Waals surface area contributed by atoms with Gasteiger partial charge in [-0.1, -0.05) is 17.5 Å². The maximum Gasteiger partial charge on any atom is 0.384 e. The lowest BCUT2D eigenvalue weighted by atomic mass is 10.2. The topological polar surface area (TPSA) is 46.5 Å². The molecule has 0 fully saturated rings. The third-order valence-corrected chi connectivity index (χ3v) is 1.82. The zero-order valence-electron chi connectivity index (χ0n) is 8.38. The highest BCUT2D eigenvalue weighted by atomic mass is 35.5. The van der Waals surface area contributed by atoms with E-state index in [1.165, 1.54) is 6.07 Å². The quantitative estimate of drug-likeness (QED) is 0.606. The van der Waals surface area contributed by atoms with Crippen LogP contribution in [-0.4, -0.2) is 17.7 Å². The van der Waals surface area contributed by atoms with E-state index in [1.54, 1.807) is 6.92 Å². The highest BCUT2D eigenvalue weighted by molar-refractivity contribution is 6.30. The Hall–Kier alpha value is -1.73. The lowest BCUT2D eigenvalue weighted by molar-refractivity contribution is -0.136. The molecular weight excluding hydrogens is 235 g/mol. The van der Waals surface area contributed by atoms with Gasteiger partial charge in [0.1, 0.15) is 0 Å². The molecule has 0 bridgehead atoms. The molecule has 0 aliphatic heterocycles. The molecule has 0 spiro atoms. The van der Waals surface area contributed by atoms with Crippen molar-refractivity contribution >= 4 is 17.6 Å². The van der Waals surface area contributed by atoms with Crippen LogP contribution < -0.4 is 0 Å². The Morgan fingerprint density at radius 1 is 1.62 bits per heavy atom. The van der Waals surface area contributed by atoms with Gasteiger partial charge in [0.05, 0.1) is 12.2 Å². The van der Waals surface area contributed by atoms with Gasteiger partial charge in [-0.05, 0) is 19.1 Å². The van der Waals surface area contributed by atoms with Gasteiger partial charge in [-0.25, -0.2) is 9.18 Å². The average molecular weight is 243 g/mol. The van der Waals surface area contributed by atoms with Gasteiger partial charge in [-0.3, -0.25) is 0 Å². The number of hydrogen-bond donors (Lipinski definition) is 1. The van der Waals surface area contributed by atoms with Crippen LogP contribution in [0.25, 0.3) is 0 Å². The highest BCUT2D eigenvalue weighted by Gasteiger charge is 2.07. The lowest BCUT2D eigenvalue weighted by Gasteiger charge is -1.99. The van der Waals surface area contributed by atoms with Crippen LogP contribution in [0, 0.1) is 17.7 Å². The van der Waals surface area contributed by atoms with E-state index in [4.69, 9.17) is 11.6 Å². The number of carbonyl (C=O) groups is 1. The van der Waals surface area contributed by atoms with Crippen molar-refractivity contribution in [3.63, 3.8) is 0 Å². The van der Waals surface area contributed by atoms with Gasteiger partial charge in [0.25, 0.3) is 0 Å². The molecule has 0 heterocycles. The molecule has 1 N–H and O–H groups in total. The minimum Gasteiger partial charge on any atom is -0.504 e. The van der Waals surface area contributed by atoms with Crippen LogP contribution >= 0.6 is 11.6 Å². The normalized spacial score (nSPS) is 9.19. The molecule has 0 saturated carbocycles. The Labute approximate surface area is 96.8 Å². The molecule has 0 saturated heterocycles. The van der Waals surface area contributed by atoms with E-state index in [0.717, 1.165) is 6.07 Å². The van der Waals surface area contributed by atoms with Gasteiger partial charge in [0.15, 0.2) is 11.6 Å². The number of ether oxygens (including phenoxy) is 1. The first-order valence-electron chi connectivity index (χ1n) is 4.41. The highest BCUT2D eigenvalue weighted by Crippen LogP contribution is 2.24. The molecular formula is C11H8ClFO3. The zero-order valence-corrected chi connectivity index (χ0v) is 9.14. The maximum atomic E-state index is 13.0. The summed E-state index contributed by atoms with van der Waals surface area (Å²) in [7, 11) is 0. The molecule has 0 radical (unpaired) electrons. The van der Waals surface area contributed by atoms with E-state index in [2.05, 4.69) is 16.6 Å². The molecule has 5 heteroatoms. The summed E-state index contributed by atoms with van der Waals surface area (Å²) in [6.07, 6.45) is 0. The van der Waals surface area contributed by atoms with E-state index < -0.39 is 17.5 Å². The molecule has 0 amide bonds. The fourth-order valence-corrected chi connectivity index (χ4v) is 1.15. The molecule has 0 unspecified atom stereocenters. The summed E-state index contributed by atoms with van der Waals surface area (Å²) in [6.45, 7) is 1.83. The number of phenols is 1. The van der Waals surface area contributed by atoms with Crippen LogP contribution in [0.3, 0.4) is 0 Å². The van der Waals surface area contributed by atoms with Gasteiger partial charge in [0, 0.05) is 10.9 Å². The first-order chi connectivity index (χ1) is 7.54. The van der Waals surface area contributed by atoms with Gasteiger partial charge in [-0.15, -0.1) is 0 Å². The fourth-order valence-electron chi connectivity index (χ4n) is 0.947. The first-order valence-corrected chi connectivity index (χ1v) is 4.79. The molecule has 0 aromatic heterocycles. The second-order valence-corrected chi connectivity index (χ2v) is 3.19. The SMILES string of the molecule is CCOC(=O)C#Cc1cc(Cl)cc(F)c1O. The number of carbonyl (C=O) groups excluding carboxylic acids is 1. The molecule has 16 heavy (non-hydrogen) atoms. The standard InChI is InChI=1S/C11H8ClFO3/c1-2-16-10(14)4-3-7-5-8(12)6-9(13)11(7)15/h5-6,15H,2H2,1H3. The predicted molar refractivity (Wildman–Crippen MR) is 56.6 cm³/mol. The summed E-state index contributed by atoms with van der Waals surface area (Å²) in [5.74, 6) is 2.10. The smallest absolute Gasteiger partial charge is 0.384 e. The van der Waals surface area contributed by atoms with Crippen LogP contribution in [0.2, 0.25) is 5.02 Å². The summed E-state index contributed by atoms with van der Waals surface area (Å²) in [5, 5.41) is 9.36. The lowest BCUT2D eigenvalue weighted by Crippen LogP contribution is -1.99. The molecule has 1 rings (SSSR count). The summed E-state index contributed by atoms with van der Waals surface area (Å²) < 4.78 is 17.5. The van der Waals surface area contributed by atoms with Gasteiger partial charge in [-0.2, -0.15) is 0 Å². The number of aromatic hydroxyl groups is 1. The number of halogens is 2. The van der Waals surface area contributed by atoms with Crippen LogP contribution in [0.4, 0.5) is 4.39 Å². The largest absolute Gasteiger partial charge is 0.504 e. The summed E-state index contributed by atoms with van der Waals surface area (Å²) in [4.78, 5) is 10.9. The number of rotatable bonds is 1. The van der Waals surface area contributed by atoms with Crippen molar-refractivity contribution in [3.05, 3.63) is 28.5 Å². The molecule has 84 valence electrons. The number of hydrogen-bond acceptors (Lipinski definition) is 3. The van der Waals surface area contributed by atoms with Crippen molar-refractivity contribution in [1.29, 1.82) is 0 Å². The second-order valence-electron chi connectivity index (χ2n) is 2.75. The van der Waals surface area contributed by atoms with Gasteiger partial charge < -0.3 is 9.84 Å². The van der Waals surface area contributed by atoms with E-state index in [9.17, 15) is 14.3 Å². The Bertz CT molecular complexity index is 474. The summed E-state index contributed by atoms with van der Waals surface area (Å²) in [6, 6.07) is 2.21. The summed E-state index contributed by atoms with van der Waals surface area (Å²) >= 11 is 5.56. The van der Waals surface area contributed by atoms with E-state index >= 15 is 0 Å². The number of phenolic OH excluding ortho intramolecular Hbond substituents is 1. The number of benzene rings is 1. The summed E-state index contributed by atoms with van der Waals surface area (Å²) in [5.41, 5.74) is -0.0574. The van der Waals surface area contributed by atoms with E-state index in [-0.39, 0.29) is 17.2 Å². The Morgan fingerprint density at radius 3 is 2.94 bits per heavy atom. The van der Waals surface area contributed by atoms with Crippen molar-refractivity contribution in [1.82, 2.24) is 0 Å². The minimum absolute atomic E-state index is 0.0574. The fraction of sp³-hybridized carbons (Fsp3) is 0.182. The Kier molecular flexibility index (Phi) is 4.15. The molecule has 1 aromatic rings. The van der Waals surface area contributed by atoms with Crippen LogP contribution in [-0.2, 0) is 9.53 Å². The van der Waals surface area contributed by atoms with Crippen molar-refractivity contribution in [2.45, 2.75) is 6.92 Å². The van der Waals surface area contributed by atoms with Crippen molar-refractivity contribution < 1.29 is 19.0 Å². The van der Waals surface area contributed by atoms with Gasteiger partial charge in [0.2, 0.25) is 0 Å². The van der Waals surface area contributed by atoms with Gasteiger partial charge >= 0.3 is 5.97 Å². The third kappa shape index (κ3) is 3.14. The Morgan fingerprint density at radius 2 is 2.31 bits per heavy atom. The van der Waals surface area contributed by atoms with Crippen LogP contribution in [0.15, 0.2) is 12.1 Å². The third-order valence-electron chi connectivity index (χ3n) is 1.60. The molecule has 0 aliphatic carbocycles. The van der Waals surface area contributed by atoms with Crippen molar-refractivity contribution in [3.8, 4) is 17.6 Å². The second kappa shape index (κ2) is 5.38. The molecule has 0 aliphatic rings.